The molecule has 0 saturated heterocycles. The first-order valence-electron chi connectivity index (χ1n) is 2.00. The molecule has 0 unspecified atom stereocenters. The average molecular weight is 666 g/mol. The van der Waals surface area contributed by atoms with E-state index in [9.17, 15) is 0 Å². The monoisotopic (exact) mass is 666 g/mol. The second kappa shape index (κ2) is 13.7. The average Bonchev–Trinajstić information content (AvgIpc) is 1.41. The Morgan fingerprint density at radius 3 is 0.412 bits per heavy atom. The molecule has 108 valence electrons. The van der Waals surface area contributed by atoms with Crippen molar-refractivity contribution < 1.29 is 166 Å². The van der Waals surface area contributed by atoms with Gasteiger partial charge in [-0.15, -0.1) is 0 Å². The summed E-state index contributed by atoms with van der Waals surface area (Å²) in [5.41, 5.74) is 0. The zero-order chi connectivity index (χ0) is 13.5. The van der Waals surface area contributed by atoms with Crippen molar-refractivity contribution in [1.29, 1.82) is 0 Å². The summed E-state index contributed by atoms with van der Waals surface area (Å²) in [4.78, 5) is 0. The van der Waals surface area contributed by atoms with Crippen molar-refractivity contribution in [3.05, 3.63) is 0 Å². The van der Waals surface area contributed by atoms with Crippen LogP contribution < -0.4 is 24.9 Å². The van der Waals surface area contributed by atoms with Gasteiger partial charge in [0.05, 0.1) is 0 Å². The van der Waals surface area contributed by atoms with Crippen molar-refractivity contribution >= 4 is 0 Å². The van der Waals surface area contributed by atoms with Crippen molar-refractivity contribution in [3.63, 3.8) is 0 Å². The van der Waals surface area contributed by atoms with Gasteiger partial charge >= 0.3 is 166 Å². The van der Waals surface area contributed by atoms with Crippen molar-refractivity contribution in [2.24, 2.45) is 0 Å². The number of hydrogen-bond donors (Lipinski definition) is 0. The molecule has 0 heterocycles. The molecule has 0 bridgehead atoms. The molecule has 0 N–H and O–H groups in total. The van der Waals surface area contributed by atoms with E-state index in [2.05, 4.69) is 0 Å². The fourth-order valence-electron chi connectivity index (χ4n) is 0. The summed E-state index contributed by atoms with van der Waals surface area (Å²) in [6.07, 6.45) is 0. The summed E-state index contributed by atoms with van der Waals surface area (Å²) in [7, 11) is 0. The summed E-state index contributed by atoms with van der Waals surface area (Å²) in [6.45, 7) is 0. The molecule has 0 spiro atoms. The molecule has 0 aromatic heterocycles. The molecule has 0 aromatic rings. The van der Waals surface area contributed by atoms with Crippen molar-refractivity contribution in [3.8, 4) is 0 Å². The van der Waals surface area contributed by atoms with E-state index in [0.717, 1.165) is 0 Å². The van der Waals surface area contributed by atoms with Gasteiger partial charge in [0.25, 0.3) is 0 Å². The molecule has 0 aromatic carbocycles. The van der Waals surface area contributed by atoms with Gasteiger partial charge in [-0.2, -0.15) is 0 Å². The Morgan fingerprint density at radius 2 is 0.412 bits per heavy atom. The molecule has 0 aliphatic rings. The first kappa shape index (κ1) is 31.9. The largest absolute Gasteiger partial charge is 3.00 e. The molecular weight excluding hydrogens is 666 g/mol. The van der Waals surface area contributed by atoms with Crippen LogP contribution in [0.3, 0.4) is 0 Å². The summed E-state index contributed by atoms with van der Waals surface area (Å²) < 4.78 is 103. The third kappa shape index (κ3) is 704. The van der Waals surface area contributed by atoms with Gasteiger partial charge in [0.1, 0.15) is 0 Å². The van der Waals surface area contributed by atoms with Crippen molar-refractivity contribution in [2.45, 2.75) is 0 Å². The van der Waals surface area contributed by atoms with Gasteiger partial charge in [-0.25, -0.2) is 0 Å². The van der Waals surface area contributed by atoms with Crippen molar-refractivity contribution in [1.82, 2.24) is 0 Å². The first-order valence-corrected chi connectivity index (χ1v) is 8.25. The van der Waals surface area contributed by atoms with Crippen LogP contribution in [-0.2, 0) is 63.7 Å². The molecule has 0 aliphatic carbocycles. The van der Waals surface area contributed by atoms with Gasteiger partial charge < -0.3 is 0 Å². The van der Waals surface area contributed by atoms with E-state index in [1.165, 1.54) is 0 Å². The van der Waals surface area contributed by atoms with Gasteiger partial charge in [-0.3, -0.25) is 0 Å². The van der Waals surface area contributed by atoms with Crippen LogP contribution in [0, 0.1) is 77.2 Å². The van der Waals surface area contributed by atoms with E-state index in [0.29, 0.717) is 0 Å². The molecule has 0 amide bonds. The minimum absolute atomic E-state index is 0. The summed E-state index contributed by atoms with van der Waals surface area (Å²) >= 11 is -17.2. The zero-order valence-electron chi connectivity index (χ0n) is 6.79. The fourth-order valence-corrected chi connectivity index (χ4v) is 0. The molecule has 0 radical (unpaired) electrons. The topological polar surface area (TPSA) is 241 Å². The van der Waals surface area contributed by atoms with Crippen LogP contribution in [0.2, 0.25) is 0 Å². The molecule has 0 fully saturated rings. The maximum Gasteiger partial charge on any atom is 3.00 e. The molecular formula is Cr3O12Tb2. The molecule has 0 saturated carbocycles. The Balaban J connectivity index is -0.0000000400. The molecule has 0 atom stereocenters. The maximum atomic E-state index is 8.59. The minimum Gasteiger partial charge on any atom is 3.00 e. The van der Waals surface area contributed by atoms with Crippen LogP contribution >= 0.6 is 0 Å². The summed E-state index contributed by atoms with van der Waals surface area (Å²) in [5.74, 6) is 0. The second-order valence-electron chi connectivity index (χ2n) is 1.22. The van der Waals surface area contributed by atoms with E-state index in [1.54, 1.807) is 0 Å². The normalized spacial score (nSPS) is 10.2. The number of rotatable bonds is 0. The Morgan fingerprint density at radius 1 is 0.412 bits per heavy atom. The third-order valence-electron chi connectivity index (χ3n) is 0. The van der Waals surface area contributed by atoms with Gasteiger partial charge in [0.15, 0.2) is 0 Å². The van der Waals surface area contributed by atoms with Gasteiger partial charge in [0.2, 0.25) is 0 Å². The quantitative estimate of drug-likeness (QED) is 0.234. The predicted octanol–water partition coefficient (Wildman–Crippen LogP) is -7.85. The third-order valence-corrected chi connectivity index (χ3v) is 0. The number of hydrogen-bond acceptors (Lipinski definition) is 12. The molecule has 17 heavy (non-hydrogen) atoms. The predicted molar refractivity (Wildman–Crippen MR) is 4.12 cm³/mol. The van der Waals surface area contributed by atoms with Crippen LogP contribution in [-0.4, -0.2) is 0 Å². The Hall–Kier alpha value is 2.73. The Labute approximate surface area is 162 Å². The van der Waals surface area contributed by atoms with Gasteiger partial charge in [0, 0.05) is 0 Å². The first-order chi connectivity index (χ1) is 6.00. The van der Waals surface area contributed by atoms with Crippen LogP contribution in [0.4, 0.5) is 0 Å². The zero-order valence-corrected chi connectivity index (χ0v) is 14.9. The van der Waals surface area contributed by atoms with Crippen molar-refractivity contribution in [2.75, 3.05) is 0 Å². The van der Waals surface area contributed by atoms with Crippen LogP contribution in [0.1, 0.15) is 0 Å². The maximum absolute atomic E-state index is 8.59. The molecule has 0 aliphatic heterocycles. The van der Waals surface area contributed by atoms with Crippen LogP contribution in [0.25, 0.3) is 0 Å². The standard InChI is InChI=1S/3Cr.12O.2Tb/q;;;;;;;;;6*-1;2*+3. The Kier molecular flexibility index (Phi) is 25.7. The van der Waals surface area contributed by atoms with Gasteiger partial charge in [-0.1, -0.05) is 0 Å². The summed E-state index contributed by atoms with van der Waals surface area (Å²) in [5, 5.41) is 0. The second-order valence-corrected chi connectivity index (χ2v) is 5.05. The van der Waals surface area contributed by atoms with E-state index in [4.69, 9.17) is 47.8 Å². The summed E-state index contributed by atoms with van der Waals surface area (Å²) in [6, 6.07) is 0. The molecule has 17 heteroatoms. The Bertz CT molecular complexity index is 341. The van der Waals surface area contributed by atoms with E-state index >= 15 is 0 Å². The van der Waals surface area contributed by atoms with E-state index in [1.807, 2.05) is 0 Å². The smallest absolute Gasteiger partial charge is 3.00 e. The van der Waals surface area contributed by atoms with Crippen LogP contribution in [0.15, 0.2) is 0 Å². The SMILES string of the molecule is [O]=[Cr](=[O])([O-])[O-].[O]=[Cr](=[O])([O-])[O-].[O]=[Cr](=[O])([O-])[O-].[Tb+3].[Tb+3]. The van der Waals surface area contributed by atoms with Crippen LogP contribution in [0.5, 0.6) is 0 Å². The van der Waals surface area contributed by atoms with E-state index in [-0.39, 0.29) is 77.2 Å². The van der Waals surface area contributed by atoms with Gasteiger partial charge in [-0.05, 0) is 0 Å². The molecule has 12 nitrogen and oxygen atoms in total. The fraction of sp³-hybridized carbons (Fsp3) is 0. The minimum atomic E-state index is -5.75. The molecule has 0 rings (SSSR count). The van der Waals surface area contributed by atoms with E-state index < -0.39 is 40.8 Å².